The van der Waals surface area contributed by atoms with Crippen molar-refractivity contribution in [3.8, 4) is 0 Å². The minimum atomic E-state index is -0.217. The number of hydrogen-bond donors (Lipinski definition) is 1. The van der Waals surface area contributed by atoms with E-state index in [9.17, 15) is 9.59 Å². The van der Waals surface area contributed by atoms with Gasteiger partial charge in [-0.05, 0) is 19.8 Å². The Labute approximate surface area is 126 Å². The molecule has 0 radical (unpaired) electrons. The molecule has 6 heteroatoms. The largest absolute Gasteiger partial charge is 0.379 e. The third-order valence-electron chi connectivity index (χ3n) is 4.65. The van der Waals surface area contributed by atoms with Gasteiger partial charge in [0.1, 0.15) is 5.78 Å². The van der Waals surface area contributed by atoms with Gasteiger partial charge in [-0.25, -0.2) is 5.84 Å². The molecule has 0 aromatic rings. The number of hydrazine groups is 1. The fourth-order valence-electron chi connectivity index (χ4n) is 3.31. The molecular weight excluding hydrogens is 270 g/mol. The van der Waals surface area contributed by atoms with E-state index < -0.39 is 0 Å². The van der Waals surface area contributed by atoms with Gasteiger partial charge in [0.2, 0.25) is 5.91 Å². The van der Waals surface area contributed by atoms with Crippen LogP contribution in [0, 0.1) is 11.8 Å². The van der Waals surface area contributed by atoms with Gasteiger partial charge >= 0.3 is 0 Å². The SMILES string of the molecule is CC(=O)[C@@H]1CCCC[C@@H]1C(=O)N(N)CCN1CCOCC1. The van der Waals surface area contributed by atoms with Crippen LogP contribution in [0.4, 0.5) is 0 Å². The molecule has 0 aromatic heterocycles. The highest BCUT2D eigenvalue weighted by molar-refractivity contribution is 5.87. The van der Waals surface area contributed by atoms with E-state index in [0.29, 0.717) is 6.54 Å². The molecule has 1 aliphatic carbocycles. The molecule has 1 heterocycles. The van der Waals surface area contributed by atoms with Crippen LogP contribution in [0.25, 0.3) is 0 Å². The Bertz CT molecular complexity index is 369. The second kappa shape index (κ2) is 7.87. The number of amides is 1. The van der Waals surface area contributed by atoms with E-state index in [4.69, 9.17) is 10.6 Å². The normalized spacial score (nSPS) is 27.3. The average molecular weight is 297 g/mol. The molecule has 6 nitrogen and oxygen atoms in total. The monoisotopic (exact) mass is 297 g/mol. The lowest BCUT2D eigenvalue weighted by Gasteiger charge is -2.33. The molecule has 2 rings (SSSR count). The zero-order valence-electron chi connectivity index (χ0n) is 12.9. The van der Waals surface area contributed by atoms with Crippen LogP contribution in [-0.2, 0) is 14.3 Å². The number of Topliss-reactive ketones (excluding diaryl/α,β-unsaturated/α-hetero) is 1. The summed E-state index contributed by atoms with van der Waals surface area (Å²) in [4.78, 5) is 26.4. The predicted molar refractivity (Wildman–Crippen MR) is 79.3 cm³/mol. The minimum absolute atomic E-state index is 0.0665. The lowest BCUT2D eigenvalue weighted by Crippen LogP contribution is -2.49. The molecule has 0 spiro atoms. The minimum Gasteiger partial charge on any atom is -0.379 e. The van der Waals surface area contributed by atoms with Crippen molar-refractivity contribution in [2.45, 2.75) is 32.6 Å². The van der Waals surface area contributed by atoms with E-state index in [1.165, 1.54) is 5.01 Å². The molecule has 1 saturated heterocycles. The summed E-state index contributed by atoms with van der Waals surface area (Å²) in [5, 5.41) is 1.32. The van der Waals surface area contributed by atoms with E-state index in [-0.39, 0.29) is 23.5 Å². The first kappa shape index (κ1) is 16.4. The molecule has 2 aliphatic rings. The van der Waals surface area contributed by atoms with Crippen molar-refractivity contribution in [2.75, 3.05) is 39.4 Å². The number of carbonyl (C=O) groups excluding carboxylic acids is 2. The number of hydrogen-bond acceptors (Lipinski definition) is 5. The molecule has 0 unspecified atom stereocenters. The molecular formula is C15H27N3O3. The van der Waals surface area contributed by atoms with Gasteiger partial charge < -0.3 is 4.74 Å². The summed E-state index contributed by atoms with van der Waals surface area (Å²) in [7, 11) is 0. The summed E-state index contributed by atoms with van der Waals surface area (Å²) in [6.07, 6.45) is 3.65. The summed E-state index contributed by atoms with van der Waals surface area (Å²) in [6, 6.07) is 0. The first-order chi connectivity index (χ1) is 10.1. The number of carbonyl (C=O) groups is 2. The van der Waals surface area contributed by atoms with Crippen LogP contribution < -0.4 is 5.84 Å². The Kier molecular flexibility index (Phi) is 6.14. The summed E-state index contributed by atoms with van der Waals surface area (Å²) < 4.78 is 5.30. The molecule has 21 heavy (non-hydrogen) atoms. The van der Waals surface area contributed by atoms with E-state index in [1.807, 2.05) is 0 Å². The molecule has 0 aromatic carbocycles. The number of ketones is 1. The van der Waals surface area contributed by atoms with Crippen LogP contribution in [-0.4, -0.2) is 61.0 Å². The van der Waals surface area contributed by atoms with Crippen molar-refractivity contribution in [1.29, 1.82) is 0 Å². The molecule has 1 amide bonds. The fourth-order valence-corrected chi connectivity index (χ4v) is 3.31. The number of morpholine rings is 1. The predicted octanol–water partition coefficient (Wildman–Crippen LogP) is 0.416. The summed E-state index contributed by atoms with van der Waals surface area (Å²) >= 11 is 0. The number of nitrogens with zero attached hydrogens (tertiary/aromatic N) is 2. The standard InChI is InChI=1S/C15H27N3O3/c1-12(19)13-4-2-3-5-14(13)15(20)18(16)7-6-17-8-10-21-11-9-17/h13-14H,2-11,16H2,1H3/t13-,14-/m0/s1. The van der Waals surface area contributed by atoms with E-state index in [1.54, 1.807) is 6.92 Å². The van der Waals surface area contributed by atoms with Crippen LogP contribution in [0.5, 0.6) is 0 Å². The molecule has 1 saturated carbocycles. The smallest absolute Gasteiger partial charge is 0.240 e. The zero-order valence-corrected chi connectivity index (χ0v) is 12.9. The van der Waals surface area contributed by atoms with Gasteiger partial charge in [-0.2, -0.15) is 0 Å². The lowest BCUT2D eigenvalue weighted by molar-refractivity contribution is -0.143. The topological polar surface area (TPSA) is 75.9 Å². The summed E-state index contributed by atoms with van der Waals surface area (Å²) in [6.45, 7) is 6.14. The van der Waals surface area contributed by atoms with E-state index >= 15 is 0 Å². The summed E-state index contributed by atoms with van der Waals surface area (Å²) in [5.74, 6) is 5.64. The first-order valence-electron chi connectivity index (χ1n) is 7.96. The third kappa shape index (κ3) is 4.49. The van der Waals surface area contributed by atoms with Crippen molar-refractivity contribution in [1.82, 2.24) is 9.91 Å². The molecule has 1 aliphatic heterocycles. The molecule has 2 atom stereocenters. The first-order valence-corrected chi connectivity index (χ1v) is 7.96. The Morgan fingerprint density at radius 1 is 1.19 bits per heavy atom. The van der Waals surface area contributed by atoms with Crippen molar-refractivity contribution in [3.05, 3.63) is 0 Å². The lowest BCUT2D eigenvalue weighted by atomic mass is 9.76. The van der Waals surface area contributed by atoms with Gasteiger partial charge in [-0.15, -0.1) is 0 Å². The highest BCUT2D eigenvalue weighted by Gasteiger charge is 2.35. The second-order valence-corrected chi connectivity index (χ2v) is 6.09. The maximum Gasteiger partial charge on any atom is 0.240 e. The van der Waals surface area contributed by atoms with Gasteiger partial charge in [0.05, 0.1) is 13.2 Å². The highest BCUT2D eigenvalue weighted by Crippen LogP contribution is 2.31. The van der Waals surface area contributed by atoms with Crippen LogP contribution in [0.1, 0.15) is 32.6 Å². The van der Waals surface area contributed by atoms with Crippen molar-refractivity contribution in [3.63, 3.8) is 0 Å². The van der Waals surface area contributed by atoms with Crippen molar-refractivity contribution < 1.29 is 14.3 Å². The quantitative estimate of drug-likeness (QED) is 0.452. The van der Waals surface area contributed by atoms with Crippen LogP contribution in [0.15, 0.2) is 0 Å². The van der Waals surface area contributed by atoms with Gasteiger partial charge in [-0.1, -0.05) is 12.8 Å². The van der Waals surface area contributed by atoms with Gasteiger partial charge in [-0.3, -0.25) is 19.5 Å². The van der Waals surface area contributed by atoms with Crippen LogP contribution in [0.3, 0.4) is 0 Å². The van der Waals surface area contributed by atoms with Gasteiger partial charge in [0, 0.05) is 38.0 Å². The second-order valence-electron chi connectivity index (χ2n) is 6.09. The number of rotatable bonds is 5. The number of nitrogens with two attached hydrogens (primary N) is 1. The summed E-state index contributed by atoms with van der Waals surface area (Å²) in [5.41, 5.74) is 0. The Balaban J connectivity index is 1.83. The van der Waals surface area contributed by atoms with E-state index in [2.05, 4.69) is 4.90 Å². The maximum atomic E-state index is 12.5. The van der Waals surface area contributed by atoms with Crippen LogP contribution >= 0.6 is 0 Å². The van der Waals surface area contributed by atoms with Gasteiger partial charge in [0.15, 0.2) is 0 Å². The number of ether oxygens (including phenoxy) is 1. The Morgan fingerprint density at radius 2 is 1.81 bits per heavy atom. The molecule has 2 N–H and O–H groups in total. The highest BCUT2D eigenvalue weighted by atomic mass is 16.5. The Hall–Kier alpha value is -0.980. The zero-order chi connectivity index (χ0) is 15.2. The van der Waals surface area contributed by atoms with Gasteiger partial charge in [0.25, 0.3) is 0 Å². The van der Waals surface area contributed by atoms with Crippen molar-refractivity contribution in [2.24, 2.45) is 17.7 Å². The molecule has 120 valence electrons. The van der Waals surface area contributed by atoms with E-state index in [0.717, 1.165) is 58.5 Å². The van der Waals surface area contributed by atoms with Crippen molar-refractivity contribution >= 4 is 11.7 Å². The Morgan fingerprint density at radius 3 is 2.43 bits per heavy atom. The molecule has 2 fully saturated rings. The molecule has 0 bridgehead atoms. The third-order valence-corrected chi connectivity index (χ3v) is 4.65. The fraction of sp³-hybridized carbons (Fsp3) is 0.867. The van der Waals surface area contributed by atoms with Crippen LogP contribution in [0.2, 0.25) is 0 Å². The average Bonchev–Trinajstić information content (AvgIpc) is 2.52. The maximum absolute atomic E-state index is 12.5.